The van der Waals surface area contributed by atoms with Gasteiger partial charge in [-0.25, -0.2) is 5.43 Å². The zero-order valence-electron chi connectivity index (χ0n) is 12.0. The molecule has 2 N–H and O–H groups in total. The second-order valence-corrected chi connectivity index (χ2v) is 5.26. The fourth-order valence-electron chi connectivity index (χ4n) is 2.43. The highest BCUT2D eigenvalue weighted by Crippen LogP contribution is 2.23. The number of nitrogens with one attached hydrogen (secondary N) is 2. The van der Waals surface area contributed by atoms with E-state index in [0.717, 1.165) is 31.2 Å². The fraction of sp³-hybridized carbons (Fsp3) is 0.438. The molecular formula is C16H21N3O2. The van der Waals surface area contributed by atoms with Gasteiger partial charge in [0.25, 0.3) is 5.91 Å². The third kappa shape index (κ3) is 5.38. The summed E-state index contributed by atoms with van der Waals surface area (Å²) in [5, 5.41) is 6.53. The maximum absolute atomic E-state index is 11.9. The van der Waals surface area contributed by atoms with Crippen molar-refractivity contribution in [1.29, 1.82) is 0 Å². The summed E-state index contributed by atoms with van der Waals surface area (Å²) in [7, 11) is 0. The number of carbonyl (C=O) groups is 2. The Morgan fingerprint density at radius 2 is 1.86 bits per heavy atom. The van der Waals surface area contributed by atoms with Crippen molar-refractivity contribution in [2.24, 2.45) is 11.0 Å². The van der Waals surface area contributed by atoms with Gasteiger partial charge in [0.2, 0.25) is 5.91 Å². The highest BCUT2D eigenvalue weighted by molar-refractivity contribution is 5.87. The van der Waals surface area contributed by atoms with Crippen molar-refractivity contribution in [2.45, 2.75) is 32.1 Å². The second kappa shape index (κ2) is 8.19. The van der Waals surface area contributed by atoms with Gasteiger partial charge in [0, 0.05) is 5.92 Å². The van der Waals surface area contributed by atoms with Crippen LogP contribution in [0.25, 0.3) is 0 Å². The van der Waals surface area contributed by atoms with Crippen molar-refractivity contribution >= 4 is 18.0 Å². The molecule has 0 aromatic heterocycles. The van der Waals surface area contributed by atoms with Gasteiger partial charge in [0.1, 0.15) is 0 Å². The summed E-state index contributed by atoms with van der Waals surface area (Å²) in [6.45, 7) is -0.0263. The van der Waals surface area contributed by atoms with E-state index in [1.165, 1.54) is 6.42 Å². The van der Waals surface area contributed by atoms with E-state index in [-0.39, 0.29) is 24.3 Å². The molecule has 2 amide bonds. The minimum atomic E-state index is -0.314. The van der Waals surface area contributed by atoms with E-state index in [1.807, 2.05) is 30.3 Å². The molecule has 0 spiro atoms. The van der Waals surface area contributed by atoms with Crippen LogP contribution in [-0.2, 0) is 9.59 Å². The minimum Gasteiger partial charge on any atom is -0.347 e. The van der Waals surface area contributed by atoms with Crippen molar-refractivity contribution < 1.29 is 9.59 Å². The Morgan fingerprint density at radius 1 is 1.14 bits per heavy atom. The molecule has 0 aliphatic heterocycles. The number of hydrogen-bond donors (Lipinski definition) is 2. The first kappa shape index (κ1) is 15.2. The van der Waals surface area contributed by atoms with E-state index in [4.69, 9.17) is 0 Å². The zero-order valence-corrected chi connectivity index (χ0v) is 12.0. The van der Waals surface area contributed by atoms with E-state index in [9.17, 15) is 9.59 Å². The van der Waals surface area contributed by atoms with Crippen LogP contribution >= 0.6 is 0 Å². The molecule has 2 rings (SSSR count). The summed E-state index contributed by atoms with van der Waals surface area (Å²) in [6.07, 6.45) is 6.84. The molecule has 0 heterocycles. The molecule has 1 aliphatic rings. The number of amides is 2. The molecule has 5 heteroatoms. The van der Waals surface area contributed by atoms with E-state index < -0.39 is 0 Å². The molecule has 1 aromatic carbocycles. The first-order valence-corrected chi connectivity index (χ1v) is 7.40. The van der Waals surface area contributed by atoms with Crippen molar-refractivity contribution in [3.63, 3.8) is 0 Å². The number of benzene rings is 1. The molecule has 1 aromatic rings. The topological polar surface area (TPSA) is 70.6 Å². The molecule has 1 saturated carbocycles. The zero-order chi connectivity index (χ0) is 14.9. The lowest BCUT2D eigenvalue weighted by Crippen LogP contribution is -2.38. The summed E-state index contributed by atoms with van der Waals surface area (Å²) < 4.78 is 0. The number of hydrazone groups is 1. The van der Waals surface area contributed by atoms with Crippen LogP contribution < -0.4 is 10.7 Å². The fourth-order valence-corrected chi connectivity index (χ4v) is 2.43. The molecule has 0 atom stereocenters. The molecule has 112 valence electrons. The van der Waals surface area contributed by atoms with Crippen molar-refractivity contribution in [2.75, 3.05) is 6.54 Å². The van der Waals surface area contributed by atoms with Crippen LogP contribution in [0.2, 0.25) is 0 Å². The summed E-state index contributed by atoms with van der Waals surface area (Å²) in [5.41, 5.74) is 3.31. The minimum absolute atomic E-state index is 0.0168. The molecule has 0 unspecified atom stereocenters. The smallest absolute Gasteiger partial charge is 0.259 e. The number of nitrogens with zero attached hydrogens (tertiary/aromatic N) is 1. The number of rotatable bonds is 5. The van der Waals surface area contributed by atoms with E-state index in [1.54, 1.807) is 6.21 Å². The Kier molecular flexibility index (Phi) is 5.94. The Morgan fingerprint density at radius 3 is 2.57 bits per heavy atom. The molecular weight excluding hydrogens is 266 g/mol. The van der Waals surface area contributed by atoms with Gasteiger partial charge in [-0.1, -0.05) is 49.6 Å². The lowest BCUT2D eigenvalue weighted by Gasteiger charge is -2.20. The summed E-state index contributed by atoms with van der Waals surface area (Å²) in [5.74, 6) is -0.261. The van der Waals surface area contributed by atoms with Crippen LogP contribution in [-0.4, -0.2) is 24.6 Å². The van der Waals surface area contributed by atoms with Crippen LogP contribution in [0.1, 0.15) is 37.7 Å². The SMILES string of the molecule is O=C(CNC(=O)C1CCCCC1)N/N=C/c1ccccc1. The molecule has 21 heavy (non-hydrogen) atoms. The van der Waals surface area contributed by atoms with Gasteiger partial charge in [0.05, 0.1) is 12.8 Å². The van der Waals surface area contributed by atoms with Crippen LogP contribution in [0.15, 0.2) is 35.4 Å². The quantitative estimate of drug-likeness (QED) is 0.640. The van der Waals surface area contributed by atoms with E-state index >= 15 is 0 Å². The Balaban J connectivity index is 1.67. The normalized spacial score (nSPS) is 15.8. The van der Waals surface area contributed by atoms with Gasteiger partial charge >= 0.3 is 0 Å². The van der Waals surface area contributed by atoms with Crippen LogP contribution in [0.4, 0.5) is 0 Å². The predicted molar refractivity (Wildman–Crippen MR) is 81.8 cm³/mol. The largest absolute Gasteiger partial charge is 0.347 e. The van der Waals surface area contributed by atoms with Gasteiger partial charge in [-0.15, -0.1) is 0 Å². The van der Waals surface area contributed by atoms with Gasteiger partial charge in [-0.2, -0.15) is 5.10 Å². The Labute approximate surface area is 124 Å². The van der Waals surface area contributed by atoms with Crippen molar-refractivity contribution in [3.8, 4) is 0 Å². The van der Waals surface area contributed by atoms with Crippen LogP contribution in [0.5, 0.6) is 0 Å². The van der Waals surface area contributed by atoms with Gasteiger partial charge < -0.3 is 5.32 Å². The highest BCUT2D eigenvalue weighted by Gasteiger charge is 2.21. The van der Waals surface area contributed by atoms with Crippen molar-refractivity contribution in [3.05, 3.63) is 35.9 Å². The van der Waals surface area contributed by atoms with Crippen molar-refractivity contribution in [1.82, 2.24) is 10.7 Å². The second-order valence-electron chi connectivity index (χ2n) is 5.26. The average Bonchev–Trinajstić information content (AvgIpc) is 2.54. The Bertz CT molecular complexity index is 494. The van der Waals surface area contributed by atoms with Crippen LogP contribution in [0.3, 0.4) is 0 Å². The molecule has 5 nitrogen and oxygen atoms in total. The lowest BCUT2D eigenvalue weighted by molar-refractivity contribution is -0.129. The molecule has 0 saturated heterocycles. The van der Waals surface area contributed by atoms with E-state index in [0.29, 0.717) is 0 Å². The highest BCUT2D eigenvalue weighted by atomic mass is 16.2. The summed E-state index contributed by atoms with van der Waals surface area (Å²) in [4.78, 5) is 23.4. The number of hydrogen-bond acceptors (Lipinski definition) is 3. The maximum Gasteiger partial charge on any atom is 0.259 e. The molecule has 1 fully saturated rings. The van der Waals surface area contributed by atoms with E-state index in [2.05, 4.69) is 15.8 Å². The Hall–Kier alpha value is -2.17. The first-order chi connectivity index (χ1) is 10.3. The van der Waals surface area contributed by atoms with Gasteiger partial charge in [-0.05, 0) is 18.4 Å². The standard InChI is InChI=1S/C16H21N3O2/c20-15(19-18-11-13-7-3-1-4-8-13)12-17-16(21)14-9-5-2-6-10-14/h1,3-4,7-8,11,14H,2,5-6,9-10,12H2,(H,17,21)(H,19,20)/b18-11+. The van der Waals surface area contributed by atoms with Gasteiger partial charge in [0.15, 0.2) is 0 Å². The first-order valence-electron chi connectivity index (χ1n) is 7.40. The van der Waals surface area contributed by atoms with Crippen LogP contribution in [0, 0.1) is 5.92 Å². The molecule has 0 radical (unpaired) electrons. The molecule has 0 bridgehead atoms. The lowest BCUT2D eigenvalue weighted by atomic mass is 9.89. The predicted octanol–water partition coefficient (Wildman–Crippen LogP) is 1.83. The number of carbonyl (C=O) groups excluding carboxylic acids is 2. The third-order valence-electron chi connectivity index (χ3n) is 3.60. The average molecular weight is 287 g/mol. The monoisotopic (exact) mass is 287 g/mol. The third-order valence-corrected chi connectivity index (χ3v) is 3.60. The maximum atomic E-state index is 11.9. The molecule has 1 aliphatic carbocycles. The summed E-state index contributed by atoms with van der Waals surface area (Å²) >= 11 is 0. The summed E-state index contributed by atoms with van der Waals surface area (Å²) in [6, 6.07) is 9.48. The van der Waals surface area contributed by atoms with Gasteiger partial charge in [-0.3, -0.25) is 9.59 Å².